The monoisotopic (exact) mass is 360 g/mol. The summed E-state index contributed by atoms with van der Waals surface area (Å²) < 4.78 is 71.8. The Morgan fingerprint density at radius 1 is 0.958 bits per heavy atom. The lowest BCUT2D eigenvalue weighted by atomic mass is 10.3. The third kappa shape index (κ3) is 4.14. The Labute approximate surface area is 129 Å². The molecule has 0 fully saturated rings. The molecule has 0 aromatic carbocycles. The molecule has 14 heteroatoms. The van der Waals surface area contributed by atoms with Crippen LogP contribution < -0.4 is 5.73 Å². The highest BCUT2D eigenvalue weighted by Gasteiger charge is 2.42. The number of aromatic nitrogens is 4. The number of nitro groups is 1. The number of nitrogen functional groups attached to an aromatic ring is 1. The zero-order chi connectivity index (χ0) is 18.9. The smallest absolute Gasteiger partial charge is 0.395 e. The van der Waals surface area contributed by atoms with Crippen LogP contribution in [0.1, 0.15) is 22.8 Å². The molecule has 8 nitrogen and oxygen atoms in total. The Bertz CT molecular complexity index is 731. The SMILES string of the molecule is Cc1[nH]nc(C(F)(F)F)c1N.Cc1[nH]nc(C(F)(F)F)c1[N+](=O)[O-]. The molecule has 0 aliphatic carbocycles. The van der Waals surface area contributed by atoms with Gasteiger partial charge in [0.1, 0.15) is 5.69 Å². The Hall–Kier alpha value is -2.80. The number of halogens is 6. The molecule has 134 valence electrons. The Balaban J connectivity index is 0.000000243. The minimum absolute atomic E-state index is 0.211. The van der Waals surface area contributed by atoms with Crippen molar-refractivity contribution in [3.8, 4) is 0 Å². The maximum atomic E-state index is 12.0. The number of nitrogens with two attached hydrogens (primary N) is 1. The largest absolute Gasteiger partial charge is 0.442 e. The lowest BCUT2D eigenvalue weighted by Gasteiger charge is -2.01. The zero-order valence-corrected chi connectivity index (χ0v) is 12.0. The number of hydrogen-bond acceptors (Lipinski definition) is 5. The number of H-pyrrole nitrogens is 2. The van der Waals surface area contributed by atoms with Crippen molar-refractivity contribution in [3.63, 3.8) is 0 Å². The van der Waals surface area contributed by atoms with Gasteiger partial charge >= 0.3 is 18.0 Å². The molecule has 0 atom stereocenters. The molecule has 0 spiro atoms. The van der Waals surface area contributed by atoms with E-state index in [9.17, 15) is 36.5 Å². The quantitative estimate of drug-likeness (QED) is 0.409. The van der Waals surface area contributed by atoms with Gasteiger partial charge in [-0.05, 0) is 13.8 Å². The van der Waals surface area contributed by atoms with Gasteiger partial charge in [-0.1, -0.05) is 0 Å². The van der Waals surface area contributed by atoms with Gasteiger partial charge in [0.05, 0.1) is 16.3 Å². The average Bonchev–Trinajstić information content (AvgIpc) is 2.93. The molecule has 0 amide bonds. The predicted molar refractivity (Wildman–Crippen MR) is 67.7 cm³/mol. The molecule has 2 rings (SSSR count). The minimum atomic E-state index is -4.80. The van der Waals surface area contributed by atoms with E-state index in [1.54, 1.807) is 0 Å². The fourth-order valence-corrected chi connectivity index (χ4v) is 1.50. The maximum absolute atomic E-state index is 12.0. The van der Waals surface area contributed by atoms with Crippen LogP contribution in [0, 0.1) is 24.0 Å². The first kappa shape index (κ1) is 19.2. The number of aryl methyl sites for hydroxylation is 2. The maximum Gasteiger partial charge on any atom is 0.442 e. The van der Waals surface area contributed by atoms with Gasteiger partial charge in [-0.15, -0.1) is 0 Å². The molecular weight excluding hydrogens is 350 g/mol. The first-order valence-electron chi connectivity index (χ1n) is 5.91. The molecular formula is C10H10F6N6O2. The van der Waals surface area contributed by atoms with E-state index in [1.807, 2.05) is 5.10 Å². The van der Waals surface area contributed by atoms with Gasteiger partial charge in [0, 0.05) is 0 Å². The van der Waals surface area contributed by atoms with E-state index in [4.69, 9.17) is 5.73 Å². The van der Waals surface area contributed by atoms with Gasteiger partial charge in [0.2, 0.25) is 5.69 Å². The van der Waals surface area contributed by atoms with E-state index >= 15 is 0 Å². The molecule has 0 saturated carbocycles. The molecule has 0 radical (unpaired) electrons. The van der Waals surface area contributed by atoms with Gasteiger partial charge in [-0.2, -0.15) is 36.5 Å². The first-order valence-corrected chi connectivity index (χ1v) is 5.91. The van der Waals surface area contributed by atoms with Crippen molar-refractivity contribution in [2.45, 2.75) is 26.2 Å². The molecule has 2 aromatic rings. The van der Waals surface area contributed by atoms with Crippen LogP contribution in [0.5, 0.6) is 0 Å². The summed E-state index contributed by atoms with van der Waals surface area (Å²) in [6.45, 7) is 2.58. The molecule has 24 heavy (non-hydrogen) atoms. The third-order valence-corrected chi connectivity index (χ3v) is 2.63. The number of rotatable bonds is 1. The van der Waals surface area contributed by atoms with Crippen LogP contribution in [-0.4, -0.2) is 25.3 Å². The van der Waals surface area contributed by atoms with Crippen LogP contribution >= 0.6 is 0 Å². The number of aromatic amines is 2. The second-order valence-electron chi connectivity index (χ2n) is 4.41. The molecule has 2 aromatic heterocycles. The molecule has 4 N–H and O–H groups in total. The van der Waals surface area contributed by atoms with Gasteiger partial charge in [0.15, 0.2) is 5.69 Å². The van der Waals surface area contributed by atoms with E-state index in [-0.39, 0.29) is 17.1 Å². The molecule has 0 aliphatic rings. The topological polar surface area (TPSA) is 127 Å². The molecule has 0 bridgehead atoms. The van der Waals surface area contributed by atoms with E-state index in [0.717, 1.165) is 6.92 Å². The molecule has 0 saturated heterocycles. The summed E-state index contributed by atoms with van der Waals surface area (Å²) in [6, 6.07) is 0. The van der Waals surface area contributed by atoms with Gasteiger partial charge in [0.25, 0.3) is 0 Å². The van der Waals surface area contributed by atoms with Crippen molar-refractivity contribution < 1.29 is 31.3 Å². The fourth-order valence-electron chi connectivity index (χ4n) is 1.50. The average molecular weight is 360 g/mol. The van der Waals surface area contributed by atoms with Crippen LogP contribution in [-0.2, 0) is 12.4 Å². The normalized spacial score (nSPS) is 11.8. The zero-order valence-electron chi connectivity index (χ0n) is 12.0. The van der Waals surface area contributed by atoms with E-state index in [0.29, 0.717) is 0 Å². The summed E-state index contributed by atoms with van der Waals surface area (Å²) >= 11 is 0. The second-order valence-corrected chi connectivity index (χ2v) is 4.41. The van der Waals surface area contributed by atoms with Crippen LogP contribution in [0.15, 0.2) is 0 Å². The highest BCUT2D eigenvalue weighted by Crippen LogP contribution is 2.35. The fraction of sp³-hybridized carbons (Fsp3) is 0.400. The number of alkyl halides is 6. The molecule has 0 aliphatic heterocycles. The molecule has 0 unspecified atom stereocenters. The van der Waals surface area contributed by atoms with E-state index in [2.05, 4.69) is 15.3 Å². The van der Waals surface area contributed by atoms with E-state index in [1.165, 1.54) is 6.92 Å². The van der Waals surface area contributed by atoms with Crippen molar-refractivity contribution in [2.24, 2.45) is 0 Å². The van der Waals surface area contributed by atoms with Crippen LogP contribution in [0.4, 0.5) is 37.7 Å². The van der Waals surface area contributed by atoms with Gasteiger partial charge in [-0.25, -0.2) is 0 Å². The van der Waals surface area contributed by atoms with Crippen LogP contribution in [0.25, 0.3) is 0 Å². The highest BCUT2D eigenvalue weighted by molar-refractivity contribution is 5.48. The standard InChI is InChI=1S/C5H4F3N3O2.C5H6F3N3/c1-2-3(11(12)13)4(10-9-2)5(6,7)8;1-2-3(9)4(11-10-2)5(6,7)8/h1H3,(H,9,10);9H2,1H3,(H,10,11). The van der Waals surface area contributed by atoms with Crippen molar-refractivity contribution >= 4 is 11.4 Å². The predicted octanol–water partition coefficient (Wildman–Crippen LogP) is 2.96. The number of anilines is 1. The second kappa shape index (κ2) is 6.37. The Morgan fingerprint density at radius 3 is 1.62 bits per heavy atom. The van der Waals surface area contributed by atoms with Crippen LogP contribution in [0.3, 0.4) is 0 Å². The Kier molecular flexibility index (Phi) is 5.11. The van der Waals surface area contributed by atoms with E-state index < -0.39 is 34.4 Å². The van der Waals surface area contributed by atoms with Gasteiger partial charge < -0.3 is 5.73 Å². The number of nitrogens with one attached hydrogen (secondary N) is 2. The van der Waals surface area contributed by atoms with Crippen molar-refractivity contribution in [2.75, 3.05) is 5.73 Å². The van der Waals surface area contributed by atoms with Crippen molar-refractivity contribution in [1.82, 2.24) is 20.4 Å². The number of hydrogen-bond donors (Lipinski definition) is 3. The summed E-state index contributed by atoms with van der Waals surface area (Å²) in [5, 5.41) is 20.1. The minimum Gasteiger partial charge on any atom is -0.395 e. The number of nitrogens with zero attached hydrogens (tertiary/aromatic N) is 3. The van der Waals surface area contributed by atoms with Crippen molar-refractivity contribution in [3.05, 3.63) is 32.9 Å². The van der Waals surface area contributed by atoms with Gasteiger partial charge in [-0.3, -0.25) is 20.3 Å². The van der Waals surface area contributed by atoms with Crippen molar-refractivity contribution in [1.29, 1.82) is 0 Å². The summed E-state index contributed by atoms with van der Waals surface area (Å²) in [6.07, 6.45) is -9.26. The summed E-state index contributed by atoms with van der Waals surface area (Å²) in [4.78, 5) is 9.09. The van der Waals surface area contributed by atoms with Crippen LogP contribution in [0.2, 0.25) is 0 Å². The Morgan fingerprint density at radius 2 is 1.38 bits per heavy atom. The molecule has 2 heterocycles. The highest BCUT2D eigenvalue weighted by atomic mass is 19.4. The summed E-state index contributed by atoms with van der Waals surface area (Å²) in [7, 11) is 0. The summed E-state index contributed by atoms with van der Waals surface area (Å²) in [5.74, 6) is 0. The summed E-state index contributed by atoms with van der Waals surface area (Å²) in [5.41, 5.74) is 1.20. The third-order valence-electron chi connectivity index (χ3n) is 2.63. The first-order chi connectivity index (χ1) is 10.8. The lowest BCUT2D eigenvalue weighted by molar-refractivity contribution is -0.388. The lowest BCUT2D eigenvalue weighted by Crippen LogP contribution is -2.08.